The van der Waals surface area contributed by atoms with Gasteiger partial charge in [-0.05, 0) is 81.1 Å². The zero-order valence-corrected chi connectivity index (χ0v) is 23.8. The fraction of sp³-hybridized carbons (Fsp3) is 0.312. The fourth-order valence-electron chi connectivity index (χ4n) is 5.42. The van der Waals surface area contributed by atoms with Gasteiger partial charge in [-0.3, -0.25) is 4.79 Å². The van der Waals surface area contributed by atoms with Crippen molar-refractivity contribution in [2.75, 3.05) is 13.7 Å². The molecule has 5 nitrogen and oxygen atoms in total. The molecule has 5 rings (SSSR count). The average molecular weight is 558 g/mol. The predicted molar refractivity (Wildman–Crippen MR) is 160 cm³/mol. The van der Waals surface area contributed by atoms with Crippen LogP contribution in [-0.2, 0) is 6.54 Å². The van der Waals surface area contributed by atoms with E-state index in [1.165, 1.54) is 11.3 Å². The summed E-state index contributed by atoms with van der Waals surface area (Å²) in [5.74, 6) is 0.749. The third kappa shape index (κ3) is 5.81. The van der Waals surface area contributed by atoms with Gasteiger partial charge in [-0.15, -0.1) is 11.3 Å². The van der Waals surface area contributed by atoms with Gasteiger partial charge in [-0.2, -0.15) is 5.26 Å². The Hall–Kier alpha value is -3.37. The summed E-state index contributed by atoms with van der Waals surface area (Å²) in [5.41, 5.74) is 3.61. The van der Waals surface area contributed by atoms with Gasteiger partial charge in [0.1, 0.15) is 10.6 Å². The molecule has 0 atom stereocenters. The molecule has 200 valence electrons. The monoisotopic (exact) mass is 557 g/mol. The molecule has 1 aliphatic carbocycles. The van der Waals surface area contributed by atoms with Crippen molar-refractivity contribution in [2.45, 2.75) is 51.2 Å². The van der Waals surface area contributed by atoms with E-state index in [4.69, 9.17) is 16.3 Å². The highest BCUT2D eigenvalue weighted by molar-refractivity contribution is 7.21. The lowest BCUT2D eigenvalue weighted by Gasteiger charge is -2.37. The smallest absolute Gasteiger partial charge is 0.266 e. The van der Waals surface area contributed by atoms with E-state index < -0.39 is 0 Å². The summed E-state index contributed by atoms with van der Waals surface area (Å²) >= 11 is 8.26. The Balaban J connectivity index is 1.53. The van der Waals surface area contributed by atoms with Crippen molar-refractivity contribution in [3.63, 3.8) is 0 Å². The van der Waals surface area contributed by atoms with Crippen molar-refractivity contribution in [1.29, 1.82) is 5.26 Å². The highest BCUT2D eigenvalue weighted by Gasteiger charge is 2.32. The van der Waals surface area contributed by atoms with Crippen LogP contribution in [0.4, 0.5) is 0 Å². The Morgan fingerprint density at radius 1 is 1.08 bits per heavy atom. The molecule has 0 saturated heterocycles. The highest BCUT2D eigenvalue weighted by Crippen LogP contribution is 2.38. The summed E-state index contributed by atoms with van der Waals surface area (Å²) in [6, 6.07) is 24.4. The Labute approximate surface area is 239 Å². The molecule has 0 bridgehead atoms. The number of halogens is 1. The minimum absolute atomic E-state index is 0.0275. The first-order chi connectivity index (χ1) is 19.0. The van der Waals surface area contributed by atoms with E-state index in [1.807, 2.05) is 79.5 Å². The summed E-state index contributed by atoms with van der Waals surface area (Å²) in [4.78, 5) is 16.9. The van der Waals surface area contributed by atoms with E-state index in [0.717, 1.165) is 58.2 Å². The van der Waals surface area contributed by atoms with Gasteiger partial charge in [-0.25, -0.2) is 0 Å². The number of amides is 1. The lowest BCUT2D eigenvalue weighted by atomic mass is 9.89. The van der Waals surface area contributed by atoms with Crippen molar-refractivity contribution in [3.05, 3.63) is 87.8 Å². The molecule has 4 aromatic rings. The van der Waals surface area contributed by atoms with Crippen molar-refractivity contribution >= 4 is 38.9 Å². The molecule has 3 aromatic carbocycles. The molecular weight excluding hydrogens is 526 g/mol. The molecule has 0 radical (unpaired) electrons. The highest BCUT2D eigenvalue weighted by atomic mass is 35.5. The molecule has 1 heterocycles. The van der Waals surface area contributed by atoms with Crippen LogP contribution >= 0.6 is 22.9 Å². The summed E-state index contributed by atoms with van der Waals surface area (Å²) in [7, 11) is 2.01. The molecule has 1 aromatic heterocycles. The summed E-state index contributed by atoms with van der Waals surface area (Å²) in [5, 5.41) is 14.0. The molecule has 0 aliphatic heterocycles. The minimum Gasteiger partial charge on any atom is -0.494 e. The van der Waals surface area contributed by atoms with Gasteiger partial charge in [-0.1, -0.05) is 48.0 Å². The number of nitrogens with zero attached hydrogens (tertiary/aromatic N) is 2. The maximum absolute atomic E-state index is 14.2. The minimum atomic E-state index is -0.0275. The zero-order valence-electron chi connectivity index (χ0n) is 22.2. The van der Waals surface area contributed by atoms with Gasteiger partial charge in [0.25, 0.3) is 5.91 Å². The number of hydrogen-bond acceptors (Lipinski definition) is 5. The van der Waals surface area contributed by atoms with Crippen LogP contribution in [-0.4, -0.2) is 36.5 Å². The number of thiophene rings is 1. The topological polar surface area (TPSA) is 65.4 Å². The maximum atomic E-state index is 14.2. The second kappa shape index (κ2) is 12.2. The molecule has 1 N–H and O–H groups in total. The predicted octanol–water partition coefficient (Wildman–Crippen LogP) is 7.67. The van der Waals surface area contributed by atoms with Gasteiger partial charge < -0.3 is 15.0 Å². The standard InChI is InChI=1S/C32H32ClN3O2S/c1-3-38-28-17-12-23(22-10-8-21(19-34)9-11-22)18-24(28)20-36(26-15-13-25(35-2)14-16-26)32(37)31-30(33)27-6-4-5-7-29(27)39-31/h4-12,17-18,25-26,35H,3,13-16,20H2,1-2H3/t25-,26-. The lowest BCUT2D eigenvalue weighted by Crippen LogP contribution is -2.44. The van der Waals surface area contributed by atoms with E-state index in [-0.39, 0.29) is 11.9 Å². The number of carbonyl (C=O) groups excluding carboxylic acids is 1. The van der Waals surface area contributed by atoms with Crippen LogP contribution in [0.5, 0.6) is 5.75 Å². The Morgan fingerprint density at radius 3 is 2.46 bits per heavy atom. The van der Waals surface area contributed by atoms with Crippen molar-refractivity contribution < 1.29 is 9.53 Å². The molecular formula is C32H32ClN3O2S. The van der Waals surface area contributed by atoms with Gasteiger partial charge in [0.05, 0.1) is 23.3 Å². The molecule has 1 fully saturated rings. The van der Waals surface area contributed by atoms with Crippen molar-refractivity contribution in [2.24, 2.45) is 0 Å². The lowest BCUT2D eigenvalue weighted by molar-refractivity contribution is 0.0604. The number of hydrogen-bond donors (Lipinski definition) is 1. The Morgan fingerprint density at radius 2 is 1.79 bits per heavy atom. The first-order valence-electron chi connectivity index (χ1n) is 13.4. The number of benzene rings is 3. The van der Waals surface area contributed by atoms with E-state index in [1.54, 1.807) is 0 Å². The molecule has 1 amide bonds. The zero-order chi connectivity index (χ0) is 27.4. The SMILES string of the molecule is CCOc1ccc(-c2ccc(C#N)cc2)cc1CN(C(=O)c1sc2ccccc2c1Cl)[C@H]1CC[C@H](NC)CC1. The van der Waals surface area contributed by atoms with Gasteiger partial charge in [0.15, 0.2) is 0 Å². The molecule has 39 heavy (non-hydrogen) atoms. The number of fused-ring (bicyclic) bond motifs is 1. The largest absolute Gasteiger partial charge is 0.494 e. The van der Waals surface area contributed by atoms with Gasteiger partial charge >= 0.3 is 0 Å². The number of nitrogens with one attached hydrogen (secondary N) is 1. The second-order valence-corrected chi connectivity index (χ2v) is 11.3. The van der Waals surface area contributed by atoms with Crippen LogP contribution in [0.3, 0.4) is 0 Å². The number of rotatable bonds is 8. The Kier molecular flexibility index (Phi) is 8.52. The molecule has 0 spiro atoms. The molecule has 0 unspecified atom stereocenters. The first-order valence-corrected chi connectivity index (χ1v) is 14.6. The fourth-order valence-corrected chi connectivity index (χ4v) is 6.89. The molecule has 7 heteroatoms. The van der Waals surface area contributed by atoms with Crippen LogP contribution in [0.15, 0.2) is 66.7 Å². The number of nitriles is 1. The second-order valence-electron chi connectivity index (χ2n) is 9.91. The van der Waals surface area contributed by atoms with Gasteiger partial charge in [0, 0.05) is 34.3 Å². The number of carbonyl (C=O) groups is 1. The van der Waals surface area contributed by atoms with Crippen LogP contribution < -0.4 is 10.1 Å². The third-order valence-corrected chi connectivity index (χ3v) is 9.25. The van der Waals surface area contributed by atoms with E-state index in [2.05, 4.69) is 17.5 Å². The van der Waals surface area contributed by atoms with E-state index >= 15 is 0 Å². The quantitative estimate of drug-likeness (QED) is 0.241. The normalized spacial score (nSPS) is 17.1. The first kappa shape index (κ1) is 27.2. The maximum Gasteiger partial charge on any atom is 0.266 e. The summed E-state index contributed by atoms with van der Waals surface area (Å²) < 4.78 is 7.05. The molecule has 1 saturated carbocycles. The van der Waals surface area contributed by atoms with Crippen LogP contribution in [0.1, 0.15) is 53.4 Å². The van der Waals surface area contributed by atoms with Crippen molar-refractivity contribution in [3.8, 4) is 22.9 Å². The van der Waals surface area contributed by atoms with Crippen LogP contribution in [0.25, 0.3) is 21.2 Å². The third-order valence-electron chi connectivity index (χ3n) is 7.58. The van der Waals surface area contributed by atoms with Gasteiger partial charge in [0.2, 0.25) is 0 Å². The van der Waals surface area contributed by atoms with E-state index in [0.29, 0.717) is 34.7 Å². The van der Waals surface area contributed by atoms with Crippen molar-refractivity contribution in [1.82, 2.24) is 10.2 Å². The van der Waals surface area contributed by atoms with E-state index in [9.17, 15) is 10.1 Å². The Bertz CT molecular complexity index is 1500. The average Bonchev–Trinajstić information content (AvgIpc) is 3.33. The van der Waals surface area contributed by atoms with Crippen LogP contribution in [0.2, 0.25) is 5.02 Å². The van der Waals surface area contributed by atoms with Crippen LogP contribution in [0, 0.1) is 11.3 Å². The summed E-state index contributed by atoms with van der Waals surface area (Å²) in [6.07, 6.45) is 3.90. The summed E-state index contributed by atoms with van der Waals surface area (Å²) in [6.45, 7) is 2.93. The number of ether oxygens (including phenoxy) is 1. The molecule has 1 aliphatic rings.